The Balaban J connectivity index is 1.96. The number of hydrogen-bond acceptors (Lipinski definition) is 3. The molecule has 0 aromatic rings. The van der Waals surface area contributed by atoms with Crippen LogP contribution in [-0.4, -0.2) is 42.5 Å². The molecule has 4 nitrogen and oxygen atoms in total. The Kier molecular flexibility index (Phi) is 5.67. The highest BCUT2D eigenvalue weighted by molar-refractivity contribution is 5.84. The third-order valence-electron chi connectivity index (χ3n) is 6.22. The first-order chi connectivity index (χ1) is 10.0. The number of nitrogens with one attached hydrogen (secondary N) is 1. The van der Waals surface area contributed by atoms with Crippen LogP contribution in [0.3, 0.4) is 0 Å². The van der Waals surface area contributed by atoms with Crippen LogP contribution in [0, 0.1) is 5.92 Å². The van der Waals surface area contributed by atoms with E-state index in [2.05, 4.69) is 24.2 Å². The Hall–Kier alpha value is -0.610. The SMILES string of the molecule is CCC1CCC(N(C)C2CCCC(NC)(C(N)=O)C2)CC1. The monoisotopic (exact) mass is 295 g/mol. The minimum Gasteiger partial charge on any atom is -0.368 e. The number of hydrogen-bond donors (Lipinski definition) is 2. The number of nitrogens with zero attached hydrogens (tertiary/aromatic N) is 1. The molecule has 21 heavy (non-hydrogen) atoms. The molecule has 0 radical (unpaired) electrons. The minimum atomic E-state index is -0.488. The lowest BCUT2D eigenvalue weighted by Gasteiger charge is -2.45. The average Bonchev–Trinajstić information content (AvgIpc) is 2.54. The smallest absolute Gasteiger partial charge is 0.237 e. The largest absolute Gasteiger partial charge is 0.368 e. The zero-order valence-electron chi connectivity index (χ0n) is 14.0. The molecule has 0 aromatic heterocycles. The molecule has 3 N–H and O–H groups in total. The van der Waals surface area contributed by atoms with Crippen LogP contribution >= 0.6 is 0 Å². The van der Waals surface area contributed by atoms with Crippen LogP contribution in [0.15, 0.2) is 0 Å². The molecule has 0 bridgehead atoms. The molecule has 2 aliphatic rings. The van der Waals surface area contributed by atoms with E-state index in [9.17, 15) is 4.79 Å². The standard InChI is InChI=1S/C17H33N3O/c1-4-13-7-9-14(10-8-13)20(3)15-6-5-11-17(12-15,19-2)16(18)21/h13-15,19H,4-12H2,1-3H3,(H2,18,21). The lowest BCUT2D eigenvalue weighted by molar-refractivity contribution is -0.126. The Labute approximate surface area is 129 Å². The van der Waals surface area contributed by atoms with Gasteiger partial charge >= 0.3 is 0 Å². The Bertz CT molecular complexity index is 352. The molecule has 0 aliphatic heterocycles. The van der Waals surface area contributed by atoms with Crippen molar-refractivity contribution in [3.05, 3.63) is 0 Å². The van der Waals surface area contributed by atoms with Gasteiger partial charge < -0.3 is 16.0 Å². The van der Waals surface area contributed by atoms with Gasteiger partial charge in [0.15, 0.2) is 0 Å². The molecule has 2 atom stereocenters. The van der Waals surface area contributed by atoms with Crippen molar-refractivity contribution in [1.82, 2.24) is 10.2 Å². The van der Waals surface area contributed by atoms with Crippen molar-refractivity contribution in [2.24, 2.45) is 11.7 Å². The number of likely N-dealkylation sites (N-methyl/N-ethyl adjacent to an activating group) is 1. The van der Waals surface area contributed by atoms with Gasteiger partial charge in [-0.15, -0.1) is 0 Å². The van der Waals surface area contributed by atoms with E-state index in [0.717, 1.165) is 25.2 Å². The predicted molar refractivity (Wildman–Crippen MR) is 87.0 cm³/mol. The molecule has 0 spiro atoms. The van der Waals surface area contributed by atoms with Crippen molar-refractivity contribution in [3.63, 3.8) is 0 Å². The van der Waals surface area contributed by atoms with Crippen LogP contribution in [0.25, 0.3) is 0 Å². The van der Waals surface area contributed by atoms with Gasteiger partial charge in [0.05, 0.1) is 5.54 Å². The lowest BCUT2D eigenvalue weighted by Crippen LogP contribution is -2.60. The van der Waals surface area contributed by atoms with Crippen LogP contribution in [0.1, 0.15) is 64.7 Å². The molecule has 2 unspecified atom stereocenters. The second kappa shape index (κ2) is 7.10. The van der Waals surface area contributed by atoms with Crippen LogP contribution in [0.2, 0.25) is 0 Å². The fourth-order valence-electron chi connectivity index (χ4n) is 4.43. The van der Waals surface area contributed by atoms with E-state index < -0.39 is 5.54 Å². The molecule has 0 aromatic carbocycles. The van der Waals surface area contributed by atoms with Gasteiger partial charge in [0.1, 0.15) is 0 Å². The van der Waals surface area contributed by atoms with Gasteiger partial charge in [0.25, 0.3) is 0 Å². The molecule has 4 heteroatoms. The summed E-state index contributed by atoms with van der Waals surface area (Å²) >= 11 is 0. The van der Waals surface area contributed by atoms with E-state index in [1.807, 2.05) is 7.05 Å². The van der Waals surface area contributed by atoms with Crippen molar-refractivity contribution in [1.29, 1.82) is 0 Å². The van der Waals surface area contributed by atoms with E-state index in [0.29, 0.717) is 12.1 Å². The van der Waals surface area contributed by atoms with Gasteiger partial charge in [-0.1, -0.05) is 13.3 Å². The van der Waals surface area contributed by atoms with Gasteiger partial charge in [-0.25, -0.2) is 0 Å². The minimum absolute atomic E-state index is 0.183. The molecule has 2 aliphatic carbocycles. The summed E-state index contributed by atoms with van der Waals surface area (Å²) in [7, 11) is 4.13. The van der Waals surface area contributed by atoms with Crippen molar-refractivity contribution >= 4 is 5.91 Å². The summed E-state index contributed by atoms with van der Waals surface area (Å²) in [6, 6.07) is 1.18. The fourth-order valence-corrected chi connectivity index (χ4v) is 4.43. The molecular weight excluding hydrogens is 262 g/mol. The van der Waals surface area contributed by atoms with Gasteiger partial charge in [-0.05, 0) is 71.4 Å². The van der Waals surface area contributed by atoms with Gasteiger partial charge in [-0.3, -0.25) is 4.79 Å². The van der Waals surface area contributed by atoms with E-state index in [1.165, 1.54) is 38.5 Å². The van der Waals surface area contributed by atoms with Crippen LogP contribution in [0.5, 0.6) is 0 Å². The molecule has 0 saturated heterocycles. The first-order valence-electron chi connectivity index (χ1n) is 8.73. The number of amides is 1. The van der Waals surface area contributed by atoms with Gasteiger partial charge in [0, 0.05) is 12.1 Å². The van der Waals surface area contributed by atoms with E-state index in [-0.39, 0.29) is 5.91 Å². The van der Waals surface area contributed by atoms with Crippen molar-refractivity contribution in [3.8, 4) is 0 Å². The zero-order valence-corrected chi connectivity index (χ0v) is 14.0. The van der Waals surface area contributed by atoms with Crippen molar-refractivity contribution < 1.29 is 4.79 Å². The summed E-state index contributed by atoms with van der Waals surface area (Å²) in [5, 5.41) is 3.22. The fraction of sp³-hybridized carbons (Fsp3) is 0.941. The molecular formula is C17H33N3O. The molecule has 122 valence electrons. The summed E-state index contributed by atoms with van der Waals surface area (Å²) in [4.78, 5) is 14.4. The van der Waals surface area contributed by atoms with Gasteiger partial charge in [-0.2, -0.15) is 0 Å². The summed E-state index contributed by atoms with van der Waals surface area (Å²) in [5.41, 5.74) is 5.18. The summed E-state index contributed by atoms with van der Waals surface area (Å²) in [5.74, 6) is 0.751. The highest BCUT2D eigenvalue weighted by Crippen LogP contribution is 2.35. The van der Waals surface area contributed by atoms with Crippen LogP contribution in [0.4, 0.5) is 0 Å². The number of nitrogens with two attached hydrogens (primary N) is 1. The summed E-state index contributed by atoms with van der Waals surface area (Å²) < 4.78 is 0. The van der Waals surface area contributed by atoms with Crippen LogP contribution in [-0.2, 0) is 4.79 Å². The topological polar surface area (TPSA) is 58.4 Å². The number of carbonyl (C=O) groups excluding carboxylic acids is 1. The first kappa shape index (κ1) is 16.8. The normalized spacial score (nSPS) is 37.6. The maximum atomic E-state index is 11.9. The Morgan fingerprint density at radius 3 is 2.43 bits per heavy atom. The highest BCUT2D eigenvalue weighted by atomic mass is 16.1. The number of rotatable bonds is 5. The molecule has 0 heterocycles. The van der Waals surface area contributed by atoms with E-state index >= 15 is 0 Å². The maximum absolute atomic E-state index is 11.9. The molecule has 2 fully saturated rings. The quantitative estimate of drug-likeness (QED) is 0.818. The third-order valence-corrected chi connectivity index (χ3v) is 6.22. The van der Waals surface area contributed by atoms with Crippen LogP contribution < -0.4 is 11.1 Å². The van der Waals surface area contributed by atoms with Crippen molar-refractivity contribution in [2.75, 3.05) is 14.1 Å². The number of carbonyl (C=O) groups is 1. The average molecular weight is 295 g/mol. The zero-order chi connectivity index (χ0) is 15.5. The van der Waals surface area contributed by atoms with E-state index in [1.54, 1.807) is 0 Å². The summed E-state index contributed by atoms with van der Waals surface area (Å²) in [6.07, 6.45) is 10.7. The lowest BCUT2D eigenvalue weighted by atomic mass is 9.76. The second-order valence-electron chi connectivity index (χ2n) is 7.19. The Morgan fingerprint density at radius 1 is 1.24 bits per heavy atom. The first-order valence-corrected chi connectivity index (χ1v) is 8.73. The van der Waals surface area contributed by atoms with E-state index in [4.69, 9.17) is 5.73 Å². The van der Waals surface area contributed by atoms with Gasteiger partial charge in [0.2, 0.25) is 5.91 Å². The highest BCUT2D eigenvalue weighted by Gasteiger charge is 2.42. The molecule has 2 rings (SSSR count). The maximum Gasteiger partial charge on any atom is 0.237 e. The Morgan fingerprint density at radius 2 is 1.90 bits per heavy atom. The predicted octanol–water partition coefficient (Wildman–Crippen LogP) is 2.27. The molecule has 1 amide bonds. The second-order valence-corrected chi connectivity index (χ2v) is 7.19. The number of primary amides is 1. The summed E-state index contributed by atoms with van der Waals surface area (Å²) in [6.45, 7) is 2.31. The third kappa shape index (κ3) is 3.59. The van der Waals surface area contributed by atoms with Crippen molar-refractivity contribution in [2.45, 2.75) is 82.3 Å². The molecule has 2 saturated carbocycles.